The van der Waals surface area contributed by atoms with Gasteiger partial charge in [0, 0.05) is 68.8 Å². The second kappa shape index (κ2) is 13.1. The van der Waals surface area contributed by atoms with Gasteiger partial charge >= 0.3 is 6.18 Å². The Morgan fingerprint density at radius 1 is 1.18 bits per heavy atom. The van der Waals surface area contributed by atoms with Crippen molar-refractivity contribution in [3.8, 4) is 23.2 Å². The molecule has 0 radical (unpaired) electrons. The first-order chi connectivity index (χ1) is 21.8. The van der Waals surface area contributed by atoms with E-state index in [0.29, 0.717) is 45.5 Å². The van der Waals surface area contributed by atoms with E-state index < -0.39 is 17.5 Å². The molecule has 0 amide bonds. The van der Waals surface area contributed by atoms with E-state index in [4.69, 9.17) is 9.47 Å². The molecule has 2 aliphatic rings. The number of aromatic nitrogens is 7. The van der Waals surface area contributed by atoms with Gasteiger partial charge in [0.2, 0.25) is 11.7 Å². The number of nitrogens with zero attached hydrogens (tertiary/aromatic N) is 8. The predicted octanol–water partition coefficient (Wildman–Crippen LogP) is 4.07. The molecule has 0 unspecified atom stereocenters. The molecule has 0 bridgehead atoms. The molecule has 2 N–H and O–H groups in total. The highest BCUT2D eigenvalue weighted by Crippen LogP contribution is 2.39. The lowest BCUT2D eigenvalue weighted by Crippen LogP contribution is -2.65. The normalized spacial score (nSPS) is 20.2. The average molecular weight is 625 g/mol. The Morgan fingerprint density at radius 3 is 2.76 bits per heavy atom. The van der Waals surface area contributed by atoms with E-state index >= 15 is 0 Å². The van der Waals surface area contributed by atoms with Gasteiger partial charge in [-0.15, -0.1) is 0 Å². The molecule has 4 aromatic heterocycles. The smallest absolute Gasteiger partial charge is 0.451 e. The highest BCUT2D eigenvalue weighted by Gasteiger charge is 2.48. The van der Waals surface area contributed by atoms with Crippen molar-refractivity contribution in [3.63, 3.8) is 0 Å². The number of hydrogen-bond acceptors (Lipinski definition) is 10. The predicted molar refractivity (Wildman–Crippen MR) is 157 cm³/mol. The molecular weight excluding hydrogens is 589 g/mol. The van der Waals surface area contributed by atoms with Crippen LogP contribution in [0.1, 0.15) is 50.0 Å². The van der Waals surface area contributed by atoms with E-state index in [2.05, 4.69) is 46.3 Å². The van der Waals surface area contributed by atoms with Crippen LogP contribution in [-0.2, 0) is 23.0 Å². The molecule has 1 saturated carbocycles. The second-order valence-corrected chi connectivity index (χ2v) is 11.7. The van der Waals surface area contributed by atoms with Crippen LogP contribution in [0.2, 0.25) is 0 Å². The maximum Gasteiger partial charge on any atom is 0.451 e. The third kappa shape index (κ3) is 6.77. The van der Waals surface area contributed by atoms with E-state index in [1.54, 1.807) is 13.3 Å². The van der Waals surface area contributed by atoms with Crippen LogP contribution in [-0.4, -0.2) is 85.1 Å². The Hall–Kier alpha value is -4.13. The Bertz CT molecular complexity index is 1630. The minimum Gasteiger partial charge on any atom is -0.474 e. The molecule has 0 aromatic carbocycles. The van der Waals surface area contributed by atoms with Gasteiger partial charge in [-0.1, -0.05) is 0 Å². The number of methoxy groups -OCH3 is 1. The summed E-state index contributed by atoms with van der Waals surface area (Å²) < 4.78 is 53.5. The van der Waals surface area contributed by atoms with E-state index in [-0.39, 0.29) is 30.3 Å². The van der Waals surface area contributed by atoms with Crippen LogP contribution in [0.4, 0.5) is 13.2 Å². The highest BCUT2D eigenvalue weighted by atomic mass is 19.4. The van der Waals surface area contributed by atoms with E-state index in [0.717, 1.165) is 41.6 Å². The van der Waals surface area contributed by atoms with Gasteiger partial charge in [-0.3, -0.25) is 9.58 Å². The van der Waals surface area contributed by atoms with Crippen molar-refractivity contribution in [1.29, 1.82) is 5.26 Å². The van der Waals surface area contributed by atoms with Gasteiger partial charge in [0.05, 0.1) is 30.1 Å². The first-order valence-electron chi connectivity index (χ1n) is 15.0. The lowest BCUT2D eigenvalue weighted by atomic mass is 9.82. The Kier molecular flexibility index (Phi) is 8.97. The molecular formula is C30H35F3N10O2. The first-order valence-corrected chi connectivity index (χ1v) is 15.0. The van der Waals surface area contributed by atoms with Gasteiger partial charge in [-0.25, -0.2) is 15.0 Å². The quantitative estimate of drug-likeness (QED) is 0.222. The van der Waals surface area contributed by atoms with Crippen molar-refractivity contribution in [2.75, 3.05) is 33.4 Å². The monoisotopic (exact) mass is 624 g/mol. The van der Waals surface area contributed by atoms with Gasteiger partial charge in [-0.2, -0.15) is 28.5 Å². The number of fused-ring (bicyclic) bond motifs is 1. The molecule has 0 spiro atoms. The molecule has 4 aromatic rings. The minimum atomic E-state index is -4.67. The summed E-state index contributed by atoms with van der Waals surface area (Å²) in [6, 6.07) is 6.04. The number of nitriles is 1. The number of aromatic amines is 1. The van der Waals surface area contributed by atoms with E-state index in [1.165, 1.54) is 12.4 Å². The van der Waals surface area contributed by atoms with Crippen LogP contribution in [0, 0.1) is 11.3 Å². The summed E-state index contributed by atoms with van der Waals surface area (Å²) in [5.74, 6) is -1.25. The van der Waals surface area contributed by atoms with Crippen LogP contribution in [0.25, 0.3) is 22.3 Å². The van der Waals surface area contributed by atoms with Crippen molar-refractivity contribution in [3.05, 3.63) is 48.6 Å². The Morgan fingerprint density at radius 2 is 2.00 bits per heavy atom. The minimum absolute atomic E-state index is 0.0541. The summed E-state index contributed by atoms with van der Waals surface area (Å²) in [5.41, 5.74) is 2.19. The summed E-state index contributed by atoms with van der Waals surface area (Å²) in [4.78, 5) is 21.6. The largest absolute Gasteiger partial charge is 0.474 e. The van der Waals surface area contributed by atoms with Gasteiger partial charge < -0.3 is 19.8 Å². The molecule has 1 saturated heterocycles. The van der Waals surface area contributed by atoms with Gasteiger partial charge in [-0.05, 0) is 44.7 Å². The molecule has 1 aliphatic heterocycles. The molecule has 2 fully saturated rings. The standard InChI is InChI=1S/C30H35F3N10O2/c1-44-12-2-10-35-15-21-13-25(41-28(40-21)30(31,32)33)45-23-5-3-22(4-6-23)42-17-29(18-42,8-9-34)43-16-20(14-39-43)26-24-7-11-36-27(24)38-19-37-26/h7,11,13-14,16,19,22-23,35H,2-6,8,10,12,15,17-18H2,1H3,(H,36,37,38). The van der Waals surface area contributed by atoms with Crippen molar-refractivity contribution in [1.82, 2.24) is 44.9 Å². The zero-order valence-corrected chi connectivity index (χ0v) is 24.9. The van der Waals surface area contributed by atoms with Crippen molar-refractivity contribution in [2.45, 2.75) is 68.9 Å². The fourth-order valence-corrected chi connectivity index (χ4v) is 6.27. The fraction of sp³-hybridized carbons (Fsp3) is 0.533. The summed E-state index contributed by atoms with van der Waals surface area (Å²) in [6.07, 6.45) is 6.25. The Balaban J connectivity index is 1.06. The highest BCUT2D eigenvalue weighted by molar-refractivity contribution is 5.90. The van der Waals surface area contributed by atoms with Crippen LogP contribution in [0.5, 0.6) is 5.88 Å². The maximum atomic E-state index is 13.5. The summed E-state index contributed by atoms with van der Waals surface area (Å²) >= 11 is 0. The third-order valence-electron chi connectivity index (χ3n) is 8.56. The second-order valence-electron chi connectivity index (χ2n) is 11.7. The number of ether oxygens (including phenoxy) is 2. The molecule has 15 heteroatoms. The Labute approximate surface area is 258 Å². The molecule has 238 valence electrons. The lowest BCUT2D eigenvalue weighted by molar-refractivity contribution is -0.145. The fourth-order valence-electron chi connectivity index (χ4n) is 6.27. The SMILES string of the molecule is COCCCNCc1cc(OC2CCC(N3CC(CC#N)(n4cc(-c5ncnc6[nH]ccc56)cn4)C3)CC2)nc(C(F)(F)F)n1. The van der Waals surface area contributed by atoms with Crippen LogP contribution in [0.3, 0.4) is 0 Å². The van der Waals surface area contributed by atoms with Crippen molar-refractivity contribution in [2.24, 2.45) is 0 Å². The molecule has 0 atom stereocenters. The maximum absolute atomic E-state index is 13.5. The van der Waals surface area contributed by atoms with Crippen molar-refractivity contribution < 1.29 is 22.6 Å². The molecule has 45 heavy (non-hydrogen) atoms. The molecule has 5 heterocycles. The molecule has 6 rings (SSSR count). The zero-order chi connectivity index (χ0) is 31.4. The summed E-state index contributed by atoms with van der Waals surface area (Å²) in [5, 5.41) is 18.3. The molecule has 12 nitrogen and oxygen atoms in total. The average Bonchev–Trinajstić information content (AvgIpc) is 3.69. The molecule has 1 aliphatic carbocycles. The number of halogens is 3. The van der Waals surface area contributed by atoms with Gasteiger partial charge in [0.15, 0.2) is 0 Å². The number of rotatable bonds is 12. The third-order valence-corrected chi connectivity index (χ3v) is 8.56. The number of H-pyrrole nitrogens is 1. The topological polar surface area (TPSA) is 143 Å². The zero-order valence-electron chi connectivity index (χ0n) is 24.9. The first kappa shape index (κ1) is 30.9. The summed E-state index contributed by atoms with van der Waals surface area (Å²) in [7, 11) is 1.60. The van der Waals surface area contributed by atoms with E-state index in [1.807, 2.05) is 23.1 Å². The van der Waals surface area contributed by atoms with Crippen molar-refractivity contribution >= 4 is 11.0 Å². The number of alkyl halides is 3. The number of hydrogen-bond donors (Lipinski definition) is 2. The van der Waals surface area contributed by atoms with E-state index in [9.17, 15) is 18.4 Å². The van der Waals surface area contributed by atoms with Crippen LogP contribution in [0.15, 0.2) is 37.1 Å². The van der Waals surface area contributed by atoms with Crippen LogP contribution < -0.4 is 10.1 Å². The number of likely N-dealkylation sites (tertiary alicyclic amines) is 1. The van der Waals surface area contributed by atoms with Gasteiger partial charge in [0.1, 0.15) is 23.6 Å². The summed E-state index contributed by atoms with van der Waals surface area (Å²) in [6.45, 7) is 2.69. The van der Waals surface area contributed by atoms with Gasteiger partial charge in [0.25, 0.3) is 0 Å². The van der Waals surface area contributed by atoms with Crippen LogP contribution >= 0.6 is 0 Å². The lowest BCUT2D eigenvalue weighted by Gasteiger charge is -2.53. The number of nitrogens with one attached hydrogen (secondary N) is 2.